The molecule has 1 aliphatic heterocycles. The summed E-state index contributed by atoms with van der Waals surface area (Å²) >= 11 is 1.45. The van der Waals surface area contributed by atoms with Gasteiger partial charge in [0.05, 0.1) is 10.8 Å². The molecule has 0 aromatic heterocycles. The number of carboxylic acids is 1. The van der Waals surface area contributed by atoms with Crippen molar-refractivity contribution in [3.05, 3.63) is 17.7 Å². The zero-order valence-corrected chi connectivity index (χ0v) is 10.8. The summed E-state index contributed by atoms with van der Waals surface area (Å²) in [5.41, 5.74) is 6.23. The highest BCUT2D eigenvalue weighted by atomic mass is 32.2. The molecule has 0 fully saturated rings. The van der Waals surface area contributed by atoms with Crippen molar-refractivity contribution in [1.29, 1.82) is 0 Å². The van der Waals surface area contributed by atoms with Gasteiger partial charge in [0, 0.05) is 6.54 Å². The Bertz CT molecular complexity index is 464. The van der Waals surface area contributed by atoms with Crippen molar-refractivity contribution in [3.63, 3.8) is 0 Å². The molecule has 0 saturated carbocycles. The Hall–Kier alpha value is -1.40. The number of benzene rings is 1. The highest BCUT2D eigenvalue weighted by Gasteiger charge is 2.26. The molecule has 3 N–H and O–H groups in total. The Morgan fingerprint density at radius 1 is 1.50 bits per heavy atom. The van der Waals surface area contributed by atoms with E-state index in [1.54, 1.807) is 12.1 Å². The Kier molecular flexibility index (Phi) is 3.98. The molecule has 0 bridgehead atoms. The van der Waals surface area contributed by atoms with Gasteiger partial charge in [-0.05, 0) is 17.9 Å². The molecule has 1 aliphatic rings. The molecule has 1 heterocycles. The first-order valence-corrected chi connectivity index (χ1v) is 6.80. The van der Waals surface area contributed by atoms with Crippen LogP contribution in [0.2, 0.25) is 0 Å². The highest BCUT2D eigenvalue weighted by molar-refractivity contribution is 7.98. The van der Waals surface area contributed by atoms with Gasteiger partial charge in [-0.15, -0.1) is 11.8 Å². The number of ether oxygens (including phenoxy) is 2. The minimum absolute atomic E-state index is 0.0581. The third kappa shape index (κ3) is 2.26. The fraction of sp³-hybridized carbons (Fsp3) is 0.417. The lowest BCUT2D eigenvalue weighted by atomic mass is 9.98. The molecule has 18 heavy (non-hydrogen) atoms. The van der Waals surface area contributed by atoms with Gasteiger partial charge in [-0.3, -0.25) is 4.79 Å². The predicted molar refractivity (Wildman–Crippen MR) is 68.6 cm³/mol. The molecule has 1 aromatic carbocycles. The lowest BCUT2D eigenvalue weighted by Gasteiger charge is -2.23. The Morgan fingerprint density at radius 2 is 2.22 bits per heavy atom. The van der Waals surface area contributed by atoms with Crippen molar-refractivity contribution in [2.24, 2.45) is 5.73 Å². The summed E-state index contributed by atoms with van der Waals surface area (Å²) in [7, 11) is 0. The zero-order chi connectivity index (χ0) is 13.1. The largest absolute Gasteiger partial charge is 0.486 e. The maximum Gasteiger partial charge on any atom is 0.312 e. The van der Waals surface area contributed by atoms with Crippen LogP contribution in [0.25, 0.3) is 0 Å². The molecule has 1 unspecified atom stereocenters. The first-order chi connectivity index (χ1) is 8.69. The second kappa shape index (κ2) is 5.49. The van der Waals surface area contributed by atoms with Crippen LogP contribution in [-0.4, -0.2) is 37.1 Å². The number of carbonyl (C=O) groups is 1. The van der Waals surface area contributed by atoms with Gasteiger partial charge < -0.3 is 20.3 Å². The Morgan fingerprint density at radius 3 is 2.83 bits per heavy atom. The maximum absolute atomic E-state index is 11.2. The highest BCUT2D eigenvalue weighted by Crippen LogP contribution is 2.43. The van der Waals surface area contributed by atoms with Crippen LogP contribution in [-0.2, 0) is 4.79 Å². The third-order valence-electron chi connectivity index (χ3n) is 2.81. The van der Waals surface area contributed by atoms with Crippen molar-refractivity contribution in [2.45, 2.75) is 10.8 Å². The van der Waals surface area contributed by atoms with Crippen LogP contribution in [0.15, 0.2) is 17.0 Å². The molecule has 1 atom stereocenters. The van der Waals surface area contributed by atoms with E-state index in [0.717, 1.165) is 4.90 Å². The predicted octanol–water partition coefficient (Wildman–Crippen LogP) is 1.31. The van der Waals surface area contributed by atoms with E-state index in [1.807, 2.05) is 6.26 Å². The second-order valence-corrected chi connectivity index (χ2v) is 4.66. The molecule has 0 radical (unpaired) electrons. The monoisotopic (exact) mass is 269 g/mol. The molecule has 5 nitrogen and oxygen atoms in total. The van der Waals surface area contributed by atoms with E-state index < -0.39 is 11.9 Å². The van der Waals surface area contributed by atoms with E-state index in [9.17, 15) is 9.90 Å². The number of rotatable bonds is 4. The summed E-state index contributed by atoms with van der Waals surface area (Å²) < 4.78 is 11.1. The van der Waals surface area contributed by atoms with Crippen LogP contribution in [0.4, 0.5) is 0 Å². The van der Waals surface area contributed by atoms with E-state index in [0.29, 0.717) is 30.3 Å². The number of fused-ring (bicyclic) bond motifs is 1. The lowest BCUT2D eigenvalue weighted by Crippen LogP contribution is -2.23. The number of thioether (sulfide) groups is 1. The summed E-state index contributed by atoms with van der Waals surface area (Å²) in [6.07, 6.45) is 1.88. The molecule has 0 saturated heterocycles. The van der Waals surface area contributed by atoms with E-state index >= 15 is 0 Å². The zero-order valence-electron chi connectivity index (χ0n) is 10.0. The molecular weight excluding hydrogens is 254 g/mol. The van der Waals surface area contributed by atoms with Gasteiger partial charge in [0.25, 0.3) is 0 Å². The van der Waals surface area contributed by atoms with Crippen LogP contribution >= 0.6 is 11.8 Å². The van der Waals surface area contributed by atoms with Gasteiger partial charge in [-0.2, -0.15) is 0 Å². The molecule has 98 valence electrons. The summed E-state index contributed by atoms with van der Waals surface area (Å²) in [6.45, 7) is 1.05. The average Bonchev–Trinajstić information content (AvgIpc) is 2.38. The van der Waals surface area contributed by atoms with Gasteiger partial charge in [0.2, 0.25) is 0 Å². The smallest absolute Gasteiger partial charge is 0.312 e. The molecular formula is C12H15NO4S. The van der Waals surface area contributed by atoms with Crippen molar-refractivity contribution in [2.75, 3.05) is 26.0 Å². The van der Waals surface area contributed by atoms with Crippen LogP contribution < -0.4 is 15.2 Å². The van der Waals surface area contributed by atoms with Crippen LogP contribution in [0.3, 0.4) is 0 Å². The fourth-order valence-electron chi connectivity index (χ4n) is 1.95. The fourth-order valence-corrected chi connectivity index (χ4v) is 2.74. The van der Waals surface area contributed by atoms with Gasteiger partial charge in [0.15, 0.2) is 11.5 Å². The Labute approximate surface area is 109 Å². The molecule has 0 amide bonds. The number of carboxylic acid groups (broad SMARTS) is 1. The quantitative estimate of drug-likeness (QED) is 0.802. The topological polar surface area (TPSA) is 81.8 Å². The van der Waals surface area contributed by atoms with Crippen LogP contribution in [0.1, 0.15) is 11.5 Å². The summed E-state index contributed by atoms with van der Waals surface area (Å²) in [6, 6.07) is 3.50. The van der Waals surface area contributed by atoms with Crippen molar-refractivity contribution in [1.82, 2.24) is 0 Å². The summed E-state index contributed by atoms with van der Waals surface area (Å²) in [5, 5.41) is 9.19. The minimum atomic E-state index is -0.926. The van der Waals surface area contributed by atoms with Crippen LogP contribution in [0, 0.1) is 0 Å². The molecule has 2 rings (SSSR count). The molecule has 6 heteroatoms. The minimum Gasteiger partial charge on any atom is -0.486 e. The first kappa shape index (κ1) is 13.0. The maximum atomic E-state index is 11.2. The van der Waals surface area contributed by atoms with Gasteiger partial charge >= 0.3 is 5.97 Å². The number of nitrogens with two attached hydrogens (primary N) is 1. The van der Waals surface area contributed by atoms with Gasteiger partial charge in [-0.1, -0.05) is 6.07 Å². The first-order valence-electron chi connectivity index (χ1n) is 5.58. The Balaban J connectivity index is 2.51. The average molecular weight is 269 g/mol. The standard InChI is InChI=1S/C12H15NO4S/c1-18-11-7(8(6-13)12(14)15)2-3-9-10(11)17-5-4-16-9/h2-3,8H,4-6,13H2,1H3,(H,14,15). The van der Waals surface area contributed by atoms with Gasteiger partial charge in [0.1, 0.15) is 13.2 Å². The normalized spacial score (nSPS) is 15.2. The molecule has 0 spiro atoms. The van der Waals surface area contributed by atoms with Crippen molar-refractivity contribution in [3.8, 4) is 11.5 Å². The van der Waals surface area contributed by atoms with E-state index in [4.69, 9.17) is 15.2 Å². The third-order valence-corrected chi connectivity index (χ3v) is 3.64. The van der Waals surface area contributed by atoms with Gasteiger partial charge in [-0.25, -0.2) is 0 Å². The van der Waals surface area contributed by atoms with E-state index in [-0.39, 0.29) is 6.54 Å². The SMILES string of the molecule is CSc1c(C(CN)C(=O)O)ccc2c1OCCO2. The number of aliphatic carboxylic acids is 1. The second-order valence-electron chi connectivity index (χ2n) is 3.84. The number of hydrogen-bond acceptors (Lipinski definition) is 5. The van der Waals surface area contributed by atoms with Crippen molar-refractivity contribution >= 4 is 17.7 Å². The molecule has 1 aromatic rings. The molecule has 0 aliphatic carbocycles. The summed E-state index contributed by atoms with van der Waals surface area (Å²) in [4.78, 5) is 12.0. The number of hydrogen-bond donors (Lipinski definition) is 2. The van der Waals surface area contributed by atoms with Crippen LogP contribution in [0.5, 0.6) is 11.5 Å². The van der Waals surface area contributed by atoms with Crippen molar-refractivity contribution < 1.29 is 19.4 Å². The summed E-state index contributed by atoms with van der Waals surface area (Å²) in [5.74, 6) is -0.353. The lowest BCUT2D eigenvalue weighted by molar-refractivity contribution is -0.138. The van der Waals surface area contributed by atoms with E-state index in [1.165, 1.54) is 11.8 Å². The van der Waals surface area contributed by atoms with E-state index in [2.05, 4.69) is 0 Å².